The highest BCUT2D eigenvalue weighted by molar-refractivity contribution is 8.15. The highest BCUT2D eigenvalue weighted by Gasteiger charge is 2.38. The van der Waals surface area contributed by atoms with Gasteiger partial charge in [0.1, 0.15) is 11.6 Å². The Kier molecular flexibility index (Phi) is 6.97. The van der Waals surface area contributed by atoms with Crippen LogP contribution in [0.5, 0.6) is 5.75 Å². The Morgan fingerprint density at radius 2 is 1.72 bits per heavy atom. The van der Waals surface area contributed by atoms with Crippen LogP contribution in [-0.2, 0) is 17.8 Å². The van der Waals surface area contributed by atoms with Crippen LogP contribution in [0.4, 0.5) is 4.39 Å². The van der Waals surface area contributed by atoms with Gasteiger partial charge in [0.05, 0.1) is 25.1 Å². The number of nitrogens with zero attached hydrogens (tertiary/aromatic N) is 3. The molecule has 3 aromatic carbocycles. The molecule has 0 saturated carbocycles. The number of methoxy groups -OCH3 is 1. The van der Waals surface area contributed by atoms with E-state index in [1.807, 2.05) is 54.6 Å². The standard InChI is InChI=1S/C25H22FN3O2S/c1-31-22-13-9-19(10-14-22)16-27-28-25-29(17-20-5-3-2-4-6-20)24(30)23(32-25)15-18-7-11-21(26)12-8-18/h2-14,16,23H,15,17H2,1H3/b27-16-,28-25-/t23-/m1/s1. The molecule has 1 saturated heterocycles. The van der Waals surface area contributed by atoms with Crippen molar-refractivity contribution in [1.29, 1.82) is 0 Å². The summed E-state index contributed by atoms with van der Waals surface area (Å²) >= 11 is 1.39. The third-order valence-corrected chi connectivity index (χ3v) is 6.17. The van der Waals surface area contributed by atoms with Gasteiger partial charge in [-0.3, -0.25) is 9.69 Å². The fourth-order valence-corrected chi connectivity index (χ4v) is 4.43. The lowest BCUT2D eigenvalue weighted by Gasteiger charge is -2.16. The summed E-state index contributed by atoms with van der Waals surface area (Å²) in [7, 11) is 1.62. The van der Waals surface area contributed by atoms with E-state index in [4.69, 9.17) is 4.74 Å². The Morgan fingerprint density at radius 1 is 1.00 bits per heavy atom. The molecule has 0 unspecified atom stereocenters. The zero-order valence-corrected chi connectivity index (χ0v) is 18.3. The average Bonchev–Trinajstić information content (AvgIpc) is 3.11. The lowest BCUT2D eigenvalue weighted by molar-refractivity contribution is -0.126. The van der Waals surface area contributed by atoms with Gasteiger partial charge >= 0.3 is 0 Å². The van der Waals surface area contributed by atoms with Gasteiger partial charge in [0.25, 0.3) is 0 Å². The molecule has 0 N–H and O–H groups in total. The third-order valence-electron chi connectivity index (χ3n) is 5.00. The number of rotatable bonds is 7. The highest BCUT2D eigenvalue weighted by Crippen LogP contribution is 2.31. The third kappa shape index (κ3) is 5.42. The van der Waals surface area contributed by atoms with Crippen molar-refractivity contribution in [2.24, 2.45) is 10.2 Å². The van der Waals surface area contributed by atoms with Crippen molar-refractivity contribution in [2.75, 3.05) is 7.11 Å². The second-order valence-electron chi connectivity index (χ2n) is 7.25. The number of halogens is 1. The molecule has 3 aromatic rings. The summed E-state index contributed by atoms with van der Waals surface area (Å²) in [6, 6.07) is 23.5. The first-order chi connectivity index (χ1) is 15.6. The van der Waals surface area contributed by atoms with Crippen molar-refractivity contribution in [3.63, 3.8) is 0 Å². The van der Waals surface area contributed by atoms with Crippen molar-refractivity contribution < 1.29 is 13.9 Å². The minimum atomic E-state index is -0.334. The molecule has 0 spiro atoms. The Bertz CT molecular complexity index is 1120. The molecule has 4 rings (SSSR count). The lowest BCUT2D eigenvalue weighted by atomic mass is 10.1. The minimum absolute atomic E-state index is 0.0263. The van der Waals surface area contributed by atoms with Crippen LogP contribution in [0, 0.1) is 5.82 Å². The summed E-state index contributed by atoms with van der Waals surface area (Å²) in [4.78, 5) is 14.8. The van der Waals surface area contributed by atoms with Crippen LogP contribution in [0.3, 0.4) is 0 Å². The van der Waals surface area contributed by atoms with Gasteiger partial charge in [-0.15, -0.1) is 5.10 Å². The molecular weight excluding hydrogens is 425 g/mol. The quantitative estimate of drug-likeness (QED) is 0.382. The molecule has 1 amide bonds. The molecule has 7 heteroatoms. The molecule has 1 atom stereocenters. The van der Waals surface area contributed by atoms with E-state index in [1.54, 1.807) is 30.4 Å². The van der Waals surface area contributed by atoms with Gasteiger partial charge in [-0.05, 0) is 59.5 Å². The molecule has 1 aliphatic heterocycles. The fraction of sp³-hybridized carbons (Fsp3) is 0.160. The van der Waals surface area contributed by atoms with Gasteiger partial charge in [-0.25, -0.2) is 4.39 Å². The van der Waals surface area contributed by atoms with Crippen LogP contribution in [-0.4, -0.2) is 34.5 Å². The van der Waals surface area contributed by atoms with E-state index in [1.165, 1.54) is 23.9 Å². The highest BCUT2D eigenvalue weighted by atomic mass is 32.2. The zero-order chi connectivity index (χ0) is 22.3. The van der Waals surface area contributed by atoms with Crippen molar-refractivity contribution in [3.05, 3.63) is 101 Å². The van der Waals surface area contributed by atoms with E-state index < -0.39 is 0 Å². The lowest BCUT2D eigenvalue weighted by Crippen LogP contribution is -2.32. The van der Waals surface area contributed by atoms with Gasteiger partial charge < -0.3 is 4.74 Å². The van der Waals surface area contributed by atoms with E-state index in [0.717, 1.165) is 22.4 Å². The van der Waals surface area contributed by atoms with Crippen LogP contribution in [0.1, 0.15) is 16.7 Å². The number of benzene rings is 3. The topological polar surface area (TPSA) is 54.3 Å². The van der Waals surface area contributed by atoms with E-state index >= 15 is 0 Å². The Labute approximate surface area is 190 Å². The van der Waals surface area contributed by atoms with Crippen molar-refractivity contribution >= 4 is 29.1 Å². The minimum Gasteiger partial charge on any atom is -0.497 e. The number of amidine groups is 1. The van der Waals surface area contributed by atoms with Crippen LogP contribution in [0.15, 0.2) is 89.1 Å². The van der Waals surface area contributed by atoms with Crippen LogP contribution < -0.4 is 4.74 Å². The first-order valence-corrected chi connectivity index (χ1v) is 11.0. The number of hydrogen-bond donors (Lipinski definition) is 0. The second kappa shape index (κ2) is 10.2. The summed E-state index contributed by atoms with van der Waals surface area (Å²) in [5.41, 5.74) is 2.79. The SMILES string of the molecule is COc1ccc(/C=N\N=C2/S[C@H](Cc3ccc(F)cc3)C(=O)N2Cc2ccccc2)cc1. The first kappa shape index (κ1) is 21.8. The van der Waals surface area contributed by atoms with E-state index in [0.29, 0.717) is 18.1 Å². The largest absolute Gasteiger partial charge is 0.497 e. The maximum absolute atomic E-state index is 13.2. The molecular formula is C25H22FN3O2S. The molecule has 0 aromatic heterocycles. The normalized spacial score (nSPS) is 17.4. The van der Waals surface area contributed by atoms with Gasteiger partial charge in [0.2, 0.25) is 5.91 Å². The summed E-state index contributed by atoms with van der Waals surface area (Å²) in [6.45, 7) is 0.420. The predicted molar refractivity (Wildman–Crippen MR) is 126 cm³/mol. The maximum Gasteiger partial charge on any atom is 0.242 e. The summed E-state index contributed by atoms with van der Waals surface area (Å²) in [5, 5.41) is 8.79. The number of amides is 1. The molecule has 0 aliphatic carbocycles. The summed E-state index contributed by atoms with van der Waals surface area (Å²) in [6.07, 6.45) is 2.14. The number of ether oxygens (including phenoxy) is 1. The summed E-state index contributed by atoms with van der Waals surface area (Å²) < 4.78 is 18.4. The number of carbonyl (C=O) groups is 1. The fourth-order valence-electron chi connectivity index (χ4n) is 3.30. The first-order valence-electron chi connectivity index (χ1n) is 10.1. The molecule has 32 heavy (non-hydrogen) atoms. The number of thioether (sulfide) groups is 1. The average molecular weight is 448 g/mol. The van der Waals surface area contributed by atoms with E-state index in [9.17, 15) is 9.18 Å². The maximum atomic E-state index is 13.2. The van der Waals surface area contributed by atoms with Gasteiger partial charge in [0.15, 0.2) is 5.17 Å². The molecule has 1 fully saturated rings. The van der Waals surface area contributed by atoms with E-state index in [-0.39, 0.29) is 17.0 Å². The van der Waals surface area contributed by atoms with Crippen LogP contribution >= 0.6 is 11.8 Å². The monoisotopic (exact) mass is 447 g/mol. The van der Waals surface area contributed by atoms with Gasteiger partial charge in [0, 0.05) is 0 Å². The zero-order valence-electron chi connectivity index (χ0n) is 17.5. The van der Waals surface area contributed by atoms with E-state index in [2.05, 4.69) is 10.2 Å². The molecule has 1 aliphatic rings. The molecule has 0 radical (unpaired) electrons. The van der Waals surface area contributed by atoms with Gasteiger partial charge in [-0.1, -0.05) is 54.2 Å². The van der Waals surface area contributed by atoms with Gasteiger partial charge in [-0.2, -0.15) is 5.10 Å². The Hall–Kier alpha value is -3.45. The predicted octanol–water partition coefficient (Wildman–Crippen LogP) is 4.91. The van der Waals surface area contributed by atoms with Crippen molar-refractivity contribution in [1.82, 2.24) is 4.90 Å². The summed E-state index contributed by atoms with van der Waals surface area (Å²) in [5.74, 6) is 0.449. The Balaban J connectivity index is 1.54. The van der Waals surface area contributed by atoms with Crippen LogP contribution in [0.25, 0.3) is 0 Å². The molecule has 0 bridgehead atoms. The Morgan fingerprint density at radius 3 is 2.41 bits per heavy atom. The second-order valence-corrected chi connectivity index (χ2v) is 8.42. The molecule has 5 nitrogen and oxygen atoms in total. The molecule has 162 valence electrons. The molecule has 1 heterocycles. The van der Waals surface area contributed by atoms with Crippen LogP contribution in [0.2, 0.25) is 0 Å². The van der Waals surface area contributed by atoms with Crippen molar-refractivity contribution in [2.45, 2.75) is 18.2 Å². The van der Waals surface area contributed by atoms with Crippen molar-refractivity contribution in [3.8, 4) is 5.75 Å². The number of carbonyl (C=O) groups excluding carboxylic acids is 1. The number of hydrogen-bond acceptors (Lipinski definition) is 5. The smallest absolute Gasteiger partial charge is 0.242 e.